The van der Waals surface area contributed by atoms with Crippen LogP contribution >= 0.6 is 0 Å². The SMILES string of the molecule is O=Cc1c(OCc2cnnn2CC(=O)Nc2ccc(F)cc2)ccc2ccccc12. The van der Waals surface area contributed by atoms with E-state index in [1.54, 1.807) is 6.07 Å². The highest BCUT2D eigenvalue weighted by Gasteiger charge is 2.12. The van der Waals surface area contributed by atoms with E-state index in [0.29, 0.717) is 22.7 Å². The molecule has 1 aromatic heterocycles. The third-order valence-electron chi connectivity index (χ3n) is 4.54. The summed E-state index contributed by atoms with van der Waals surface area (Å²) in [6.45, 7) is -0.00959. The number of fused-ring (bicyclic) bond motifs is 1. The molecule has 1 N–H and O–H groups in total. The summed E-state index contributed by atoms with van der Waals surface area (Å²) >= 11 is 0. The van der Waals surface area contributed by atoms with E-state index in [1.807, 2.05) is 30.3 Å². The van der Waals surface area contributed by atoms with E-state index in [2.05, 4.69) is 15.6 Å². The normalized spacial score (nSPS) is 10.7. The first-order valence-corrected chi connectivity index (χ1v) is 9.16. The molecule has 1 heterocycles. The number of rotatable bonds is 7. The van der Waals surface area contributed by atoms with Gasteiger partial charge in [0.25, 0.3) is 0 Å². The molecular formula is C22H17FN4O3. The smallest absolute Gasteiger partial charge is 0.246 e. The average Bonchev–Trinajstić information content (AvgIpc) is 3.20. The van der Waals surface area contributed by atoms with Crippen LogP contribution in [0, 0.1) is 5.82 Å². The molecule has 150 valence electrons. The van der Waals surface area contributed by atoms with Crippen LogP contribution in [0.25, 0.3) is 10.8 Å². The summed E-state index contributed by atoms with van der Waals surface area (Å²) in [7, 11) is 0. The molecule has 0 saturated heterocycles. The first kappa shape index (κ1) is 19.3. The van der Waals surface area contributed by atoms with Gasteiger partial charge in [0.15, 0.2) is 6.29 Å². The number of nitrogens with one attached hydrogen (secondary N) is 1. The van der Waals surface area contributed by atoms with Crippen LogP contribution in [0.3, 0.4) is 0 Å². The number of carbonyl (C=O) groups is 2. The Bertz CT molecular complexity index is 1200. The molecule has 0 aliphatic rings. The minimum absolute atomic E-state index is 0.0794. The van der Waals surface area contributed by atoms with Gasteiger partial charge >= 0.3 is 0 Å². The Morgan fingerprint density at radius 3 is 2.70 bits per heavy atom. The van der Waals surface area contributed by atoms with Crippen molar-refractivity contribution in [2.75, 3.05) is 5.32 Å². The van der Waals surface area contributed by atoms with Gasteiger partial charge in [-0.05, 0) is 41.1 Å². The number of amides is 1. The summed E-state index contributed by atoms with van der Waals surface area (Å²) in [5.74, 6) is -0.285. The Kier molecular flexibility index (Phi) is 5.47. The summed E-state index contributed by atoms with van der Waals surface area (Å²) in [6.07, 6.45) is 2.26. The number of hydrogen-bond acceptors (Lipinski definition) is 5. The molecule has 8 heteroatoms. The van der Waals surface area contributed by atoms with Crippen molar-refractivity contribution in [1.29, 1.82) is 0 Å². The average molecular weight is 404 g/mol. The fourth-order valence-corrected chi connectivity index (χ4v) is 3.07. The first-order chi connectivity index (χ1) is 14.6. The number of nitrogens with zero attached hydrogens (tertiary/aromatic N) is 3. The lowest BCUT2D eigenvalue weighted by Crippen LogP contribution is -2.21. The monoisotopic (exact) mass is 404 g/mol. The van der Waals surface area contributed by atoms with E-state index >= 15 is 0 Å². The Hall–Kier alpha value is -4.07. The molecule has 4 rings (SSSR count). The van der Waals surface area contributed by atoms with Crippen molar-refractivity contribution in [3.63, 3.8) is 0 Å². The molecule has 0 aliphatic heterocycles. The Balaban J connectivity index is 1.45. The van der Waals surface area contributed by atoms with Gasteiger partial charge in [-0.1, -0.05) is 35.5 Å². The van der Waals surface area contributed by atoms with E-state index in [4.69, 9.17) is 4.74 Å². The van der Waals surface area contributed by atoms with Crippen molar-refractivity contribution in [2.45, 2.75) is 13.2 Å². The van der Waals surface area contributed by atoms with Crippen molar-refractivity contribution in [3.05, 3.63) is 83.9 Å². The van der Waals surface area contributed by atoms with Gasteiger partial charge in [-0.25, -0.2) is 9.07 Å². The second-order valence-corrected chi connectivity index (χ2v) is 6.54. The molecule has 0 saturated carbocycles. The third-order valence-corrected chi connectivity index (χ3v) is 4.54. The molecule has 0 atom stereocenters. The molecule has 0 aliphatic carbocycles. The zero-order valence-corrected chi connectivity index (χ0v) is 15.8. The Labute approximate surface area is 171 Å². The van der Waals surface area contributed by atoms with Gasteiger partial charge in [0, 0.05) is 5.69 Å². The zero-order valence-electron chi connectivity index (χ0n) is 15.8. The van der Waals surface area contributed by atoms with Crippen molar-refractivity contribution >= 4 is 28.7 Å². The number of ether oxygens (including phenoxy) is 1. The number of anilines is 1. The molecule has 1 amide bonds. The summed E-state index contributed by atoms with van der Waals surface area (Å²) < 4.78 is 20.2. The summed E-state index contributed by atoms with van der Waals surface area (Å²) in [6, 6.07) is 16.6. The number of benzene rings is 3. The standard InChI is InChI=1S/C22H17FN4O3/c23-16-6-8-17(9-7-16)25-22(29)12-27-18(11-24-26-27)14-30-21-10-5-15-3-1-2-4-19(15)20(21)13-28/h1-11,13H,12,14H2,(H,25,29). The van der Waals surface area contributed by atoms with Gasteiger partial charge in [-0.15, -0.1) is 5.10 Å². The van der Waals surface area contributed by atoms with E-state index in [0.717, 1.165) is 17.1 Å². The van der Waals surface area contributed by atoms with Gasteiger partial charge in [0.05, 0.1) is 17.5 Å². The van der Waals surface area contributed by atoms with E-state index in [9.17, 15) is 14.0 Å². The topological polar surface area (TPSA) is 86.1 Å². The lowest BCUT2D eigenvalue weighted by atomic mass is 10.0. The van der Waals surface area contributed by atoms with Crippen LogP contribution in [-0.4, -0.2) is 27.2 Å². The molecule has 7 nitrogen and oxygen atoms in total. The van der Waals surface area contributed by atoms with Crippen molar-refractivity contribution in [2.24, 2.45) is 0 Å². The minimum atomic E-state index is -0.382. The summed E-state index contributed by atoms with van der Waals surface area (Å²) in [4.78, 5) is 23.9. The van der Waals surface area contributed by atoms with Crippen LogP contribution in [0.2, 0.25) is 0 Å². The lowest BCUT2D eigenvalue weighted by molar-refractivity contribution is -0.117. The van der Waals surface area contributed by atoms with Crippen LogP contribution in [0.15, 0.2) is 66.9 Å². The Morgan fingerprint density at radius 2 is 1.90 bits per heavy atom. The second kappa shape index (κ2) is 8.52. The summed E-state index contributed by atoms with van der Waals surface area (Å²) in [5.41, 5.74) is 1.50. The van der Waals surface area contributed by atoms with Crippen molar-refractivity contribution in [3.8, 4) is 5.75 Å². The van der Waals surface area contributed by atoms with Crippen LogP contribution in [0.1, 0.15) is 16.1 Å². The number of aromatic nitrogens is 3. The van der Waals surface area contributed by atoms with Crippen LogP contribution in [-0.2, 0) is 17.9 Å². The first-order valence-electron chi connectivity index (χ1n) is 9.16. The van der Waals surface area contributed by atoms with Crippen LogP contribution in [0.4, 0.5) is 10.1 Å². The van der Waals surface area contributed by atoms with Gasteiger partial charge in [-0.2, -0.15) is 0 Å². The van der Waals surface area contributed by atoms with Crippen LogP contribution < -0.4 is 10.1 Å². The number of halogens is 1. The predicted octanol–water partition coefficient (Wildman–Crippen LogP) is 3.60. The van der Waals surface area contributed by atoms with Gasteiger partial charge in [-0.3, -0.25) is 9.59 Å². The van der Waals surface area contributed by atoms with Crippen LogP contribution in [0.5, 0.6) is 5.75 Å². The minimum Gasteiger partial charge on any atom is -0.486 e. The highest BCUT2D eigenvalue weighted by atomic mass is 19.1. The molecule has 0 bridgehead atoms. The highest BCUT2D eigenvalue weighted by Crippen LogP contribution is 2.27. The molecule has 3 aromatic carbocycles. The molecule has 4 aromatic rings. The largest absolute Gasteiger partial charge is 0.486 e. The maximum absolute atomic E-state index is 13.0. The fraction of sp³-hybridized carbons (Fsp3) is 0.0909. The lowest BCUT2D eigenvalue weighted by Gasteiger charge is -2.12. The van der Waals surface area contributed by atoms with Gasteiger partial charge in [0.1, 0.15) is 24.7 Å². The maximum Gasteiger partial charge on any atom is 0.246 e. The van der Waals surface area contributed by atoms with Gasteiger partial charge in [0.2, 0.25) is 5.91 Å². The van der Waals surface area contributed by atoms with E-state index in [1.165, 1.54) is 35.1 Å². The zero-order chi connectivity index (χ0) is 20.9. The number of carbonyl (C=O) groups excluding carboxylic acids is 2. The molecule has 0 fully saturated rings. The van der Waals surface area contributed by atoms with E-state index < -0.39 is 0 Å². The van der Waals surface area contributed by atoms with Crippen molar-refractivity contribution in [1.82, 2.24) is 15.0 Å². The van der Waals surface area contributed by atoms with Gasteiger partial charge < -0.3 is 10.1 Å². The molecule has 0 spiro atoms. The maximum atomic E-state index is 13.0. The number of hydrogen-bond donors (Lipinski definition) is 1. The second-order valence-electron chi connectivity index (χ2n) is 6.54. The van der Waals surface area contributed by atoms with Crippen molar-refractivity contribution < 1.29 is 18.7 Å². The summed E-state index contributed by atoms with van der Waals surface area (Å²) in [5, 5.41) is 12.2. The number of aldehydes is 1. The molecular weight excluding hydrogens is 387 g/mol. The van der Waals surface area contributed by atoms with E-state index in [-0.39, 0.29) is 24.9 Å². The molecule has 0 radical (unpaired) electrons. The molecule has 30 heavy (non-hydrogen) atoms. The predicted molar refractivity (Wildman–Crippen MR) is 109 cm³/mol. The highest BCUT2D eigenvalue weighted by molar-refractivity contribution is 6.00. The Morgan fingerprint density at radius 1 is 1.10 bits per heavy atom. The quantitative estimate of drug-likeness (QED) is 0.476. The molecule has 0 unspecified atom stereocenters. The fourth-order valence-electron chi connectivity index (χ4n) is 3.07. The third kappa shape index (κ3) is 4.17.